The van der Waals surface area contributed by atoms with Gasteiger partial charge in [-0.15, -0.1) is 0 Å². The largest absolute Gasteiger partial charge is 0.478 e. The van der Waals surface area contributed by atoms with Crippen molar-refractivity contribution < 1.29 is 9.90 Å². The Bertz CT molecular complexity index is 621. The van der Waals surface area contributed by atoms with Gasteiger partial charge in [-0.3, -0.25) is 4.68 Å². The lowest BCUT2D eigenvalue weighted by Crippen LogP contribution is -2.17. The van der Waals surface area contributed by atoms with Gasteiger partial charge in [-0.2, -0.15) is 5.10 Å². The van der Waals surface area contributed by atoms with E-state index in [1.807, 2.05) is 35.9 Å². The van der Waals surface area contributed by atoms with Gasteiger partial charge < -0.3 is 15.7 Å². The van der Waals surface area contributed by atoms with Gasteiger partial charge in [-0.25, -0.2) is 4.79 Å². The summed E-state index contributed by atoms with van der Waals surface area (Å²) in [5, 5.41) is 13.1. The third-order valence-corrected chi connectivity index (χ3v) is 3.12. The first-order valence-corrected chi connectivity index (χ1v) is 6.36. The van der Waals surface area contributed by atoms with Crippen LogP contribution in [0.3, 0.4) is 0 Å². The van der Waals surface area contributed by atoms with E-state index in [-0.39, 0.29) is 5.56 Å². The number of hydrogen-bond acceptors (Lipinski definition) is 4. The van der Waals surface area contributed by atoms with Crippen LogP contribution in [0.15, 0.2) is 30.6 Å². The Kier molecular flexibility index (Phi) is 3.93. The standard InChI is InChI=1S/C14H18N4O2/c1-3-18-9-10(7-16-18)8-17(2)13-5-4-11(14(19)20)6-12(13)15/h4-7,9H,3,8,15H2,1-2H3,(H,19,20). The van der Waals surface area contributed by atoms with Crippen LogP contribution in [-0.2, 0) is 13.1 Å². The van der Waals surface area contributed by atoms with Crippen molar-refractivity contribution in [2.24, 2.45) is 0 Å². The molecule has 0 fully saturated rings. The highest BCUT2D eigenvalue weighted by molar-refractivity contribution is 5.90. The second-order valence-electron chi connectivity index (χ2n) is 4.64. The van der Waals surface area contributed by atoms with E-state index < -0.39 is 5.97 Å². The van der Waals surface area contributed by atoms with E-state index in [1.54, 1.807) is 12.1 Å². The first-order chi connectivity index (χ1) is 9.51. The number of benzene rings is 1. The number of carbonyl (C=O) groups is 1. The Morgan fingerprint density at radius 3 is 2.80 bits per heavy atom. The van der Waals surface area contributed by atoms with Crippen LogP contribution in [0.5, 0.6) is 0 Å². The Morgan fingerprint density at radius 1 is 1.50 bits per heavy atom. The van der Waals surface area contributed by atoms with Crippen molar-refractivity contribution in [3.05, 3.63) is 41.7 Å². The molecule has 1 aromatic carbocycles. The number of nitrogen functional groups attached to an aromatic ring is 1. The SMILES string of the molecule is CCn1cc(CN(C)c2ccc(C(=O)O)cc2N)cn1. The summed E-state index contributed by atoms with van der Waals surface area (Å²) in [6.07, 6.45) is 3.81. The fraction of sp³-hybridized carbons (Fsp3) is 0.286. The topological polar surface area (TPSA) is 84.4 Å². The molecule has 0 saturated heterocycles. The fourth-order valence-electron chi connectivity index (χ4n) is 2.06. The first-order valence-electron chi connectivity index (χ1n) is 6.36. The highest BCUT2D eigenvalue weighted by atomic mass is 16.4. The number of aryl methyl sites for hydroxylation is 1. The average Bonchev–Trinajstić information content (AvgIpc) is 2.85. The Balaban J connectivity index is 2.16. The minimum absolute atomic E-state index is 0.193. The minimum atomic E-state index is -0.977. The smallest absolute Gasteiger partial charge is 0.335 e. The van der Waals surface area contributed by atoms with Crippen molar-refractivity contribution in [2.75, 3.05) is 17.7 Å². The molecule has 0 bridgehead atoms. The summed E-state index contributed by atoms with van der Waals surface area (Å²) in [4.78, 5) is 12.9. The number of carboxylic acids is 1. The molecule has 3 N–H and O–H groups in total. The number of aromatic nitrogens is 2. The molecule has 106 valence electrons. The summed E-state index contributed by atoms with van der Waals surface area (Å²) in [6, 6.07) is 4.76. The predicted molar refractivity (Wildman–Crippen MR) is 77.8 cm³/mol. The van der Waals surface area contributed by atoms with Crippen molar-refractivity contribution in [2.45, 2.75) is 20.0 Å². The minimum Gasteiger partial charge on any atom is -0.478 e. The maximum absolute atomic E-state index is 10.9. The van der Waals surface area contributed by atoms with E-state index in [1.165, 1.54) is 6.07 Å². The molecule has 6 nitrogen and oxygen atoms in total. The van der Waals surface area contributed by atoms with Crippen LogP contribution in [0, 0.1) is 0 Å². The van der Waals surface area contributed by atoms with Gasteiger partial charge in [0.05, 0.1) is 23.1 Å². The van der Waals surface area contributed by atoms with Crippen molar-refractivity contribution in [1.29, 1.82) is 0 Å². The van der Waals surface area contributed by atoms with Gasteiger partial charge in [0.25, 0.3) is 0 Å². The van der Waals surface area contributed by atoms with Gasteiger partial charge >= 0.3 is 5.97 Å². The van der Waals surface area contributed by atoms with Crippen LogP contribution in [-0.4, -0.2) is 27.9 Å². The normalized spacial score (nSPS) is 10.5. The molecule has 2 aromatic rings. The van der Waals surface area contributed by atoms with Gasteiger partial charge in [0.15, 0.2) is 0 Å². The van der Waals surface area contributed by atoms with E-state index in [9.17, 15) is 4.79 Å². The molecule has 0 atom stereocenters. The molecule has 1 aromatic heterocycles. The molecule has 1 heterocycles. The summed E-state index contributed by atoms with van der Waals surface area (Å²) in [5.41, 5.74) is 8.45. The van der Waals surface area contributed by atoms with E-state index in [0.717, 1.165) is 17.8 Å². The molecule has 0 amide bonds. The molecule has 0 radical (unpaired) electrons. The van der Waals surface area contributed by atoms with E-state index in [4.69, 9.17) is 10.8 Å². The van der Waals surface area contributed by atoms with Gasteiger partial charge in [0.2, 0.25) is 0 Å². The lowest BCUT2D eigenvalue weighted by atomic mass is 10.1. The number of rotatable bonds is 5. The van der Waals surface area contributed by atoms with E-state index in [2.05, 4.69) is 5.10 Å². The molecule has 20 heavy (non-hydrogen) atoms. The third kappa shape index (κ3) is 2.90. The highest BCUT2D eigenvalue weighted by Gasteiger charge is 2.10. The zero-order valence-electron chi connectivity index (χ0n) is 11.6. The molecule has 0 saturated carbocycles. The number of nitrogens with two attached hydrogens (primary N) is 1. The summed E-state index contributed by atoms with van der Waals surface area (Å²) in [7, 11) is 1.91. The molecule has 0 unspecified atom stereocenters. The molecular formula is C14H18N4O2. The van der Waals surface area contributed by atoms with Gasteiger partial charge in [0, 0.05) is 31.9 Å². The van der Waals surface area contributed by atoms with Gasteiger partial charge in [-0.1, -0.05) is 0 Å². The Labute approximate surface area is 117 Å². The van der Waals surface area contributed by atoms with Crippen LogP contribution in [0.4, 0.5) is 11.4 Å². The van der Waals surface area contributed by atoms with Crippen LogP contribution in [0.2, 0.25) is 0 Å². The zero-order chi connectivity index (χ0) is 14.7. The summed E-state index contributed by atoms with van der Waals surface area (Å²) in [6.45, 7) is 3.53. The third-order valence-electron chi connectivity index (χ3n) is 3.12. The lowest BCUT2D eigenvalue weighted by Gasteiger charge is -2.20. The number of anilines is 2. The number of carboxylic acid groups (broad SMARTS) is 1. The van der Waals surface area contributed by atoms with Gasteiger partial charge in [0.1, 0.15) is 0 Å². The number of aromatic carboxylic acids is 1. The average molecular weight is 274 g/mol. The molecule has 0 spiro atoms. The maximum Gasteiger partial charge on any atom is 0.335 e. The van der Waals surface area contributed by atoms with Crippen LogP contribution in [0.25, 0.3) is 0 Å². The van der Waals surface area contributed by atoms with Crippen LogP contribution < -0.4 is 10.6 Å². The van der Waals surface area contributed by atoms with E-state index >= 15 is 0 Å². The first kappa shape index (κ1) is 13.9. The second-order valence-corrected chi connectivity index (χ2v) is 4.64. The van der Waals surface area contributed by atoms with Crippen molar-refractivity contribution in [3.8, 4) is 0 Å². The second kappa shape index (κ2) is 5.64. The molecule has 6 heteroatoms. The molecule has 0 aliphatic carbocycles. The highest BCUT2D eigenvalue weighted by Crippen LogP contribution is 2.24. The Morgan fingerprint density at radius 2 is 2.25 bits per heavy atom. The molecular weight excluding hydrogens is 256 g/mol. The van der Waals surface area contributed by atoms with E-state index in [0.29, 0.717) is 12.2 Å². The lowest BCUT2D eigenvalue weighted by molar-refractivity contribution is 0.0697. The van der Waals surface area contributed by atoms with Gasteiger partial charge in [-0.05, 0) is 25.1 Å². The fourth-order valence-corrected chi connectivity index (χ4v) is 2.06. The maximum atomic E-state index is 10.9. The quantitative estimate of drug-likeness (QED) is 0.812. The van der Waals surface area contributed by atoms with Crippen LogP contribution in [0.1, 0.15) is 22.8 Å². The summed E-state index contributed by atoms with van der Waals surface area (Å²) in [5.74, 6) is -0.977. The van der Waals surface area contributed by atoms with Crippen molar-refractivity contribution in [1.82, 2.24) is 9.78 Å². The number of nitrogens with zero attached hydrogens (tertiary/aromatic N) is 3. The zero-order valence-corrected chi connectivity index (χ0v) is 11.6. The Hall–Kier alpha value is -2.50. The van der Waals surface area contributed by atoms with Crippen molar-refractivity contribution >= 4 is 17.3 Å². The molecule has 0 aliphatic heterocycles. The number of hydrogen-bond donors (Lipinski definition) is 2. The molecule has 2 rings (SSSR count). The predicted octanol–water partition coefficient (Wildman–Crippen LogP) is 1.82. The molecule has 0 aliphatic rings. The summed E-state index contributed by atoms with van der Waals surface area (Å²) >= 11 is 0. The van der Waals surface area contributed by atoms with Crippen molar-refractivity contribution in [3.63, 3.8) is 0 Å². The monoisotopic (exact) mass is 274 g/mol. The van der Waals surface area contributed by atoms with Crippen LogP contribution >= 0.6 is 0 Å². The summed E-state index contributed by atoms with van der Waals surface area (Å²) < 4.78 is 1.86.